The Bertz CT molecular complexity index is 786. The number of hydrogen-bond donors (Lipinski definition) is 1. The standard InChI is InChI=1S/C19H20F2N2O2/c1-12-8-13(2)10-16(9-12)22-19(25)6-7-23(14(3)24)18-5-4-15(20)11-17(18)21/h4-5,8-11H,6-7H2,1-3H3,(H,22,25). The van der Waals surface area contributed by atoms with E-state index in [0.29, 0.717) is 11.8 Å². The molecule has 2 rings (SSSR count). The molecule has 0 heterocycles. The highest BCUT2D eigenvalue weighted by atomic mass is 19.1. The molecule has 0 fully saturated rings. The number of nitrogens with one attached hydrogen (secondary N) is 1. The van der Waals surface area contributed by atoms with Crippen molar-refractivity contribution in [3.8, 4) is 0 Å². The predicted molar refractivity (Wildman–Crippen MR) is 93.5 cm³/mol. The van der Waals surface area contributed by atoms with Crippen LogP contribution in [0.25, 0.3) is 0 Å². The maximum Gasteiger partial charge on any atom is 0.226 e. The molecule has 0 bridgehead atoms. The minimum Gasteiger partial charge on any atom is -0.326 e. The molecule has 0 spiro atoms. The number of carbonyl (C=O) groups excluding carboxylic acids is 2. The second-order valence-electron chi connectivity index (χ2n) is 5.94. The van der Waals surface area contributed by atoms with E-state index in [9.17, 15) is 18.4 Å². The lowest BCUT2D eigenvalue weighted by atomic mass is 10.1. The maximum atomic E-state index is 13.9. The molecule has 25 heavy (non-hydrogen) atoms. The third-order valence-corrected chi connectivity index (χ3v) is 3.65. The topological polar surface area (TPSA) is 49.4 Å². The molecule has 1 N–H and O–H groups in total. The van der Waals surface area contributed by atoms with Gasteiger partial charge in [-0.3, -0.25) is 9.59 Å². The quantitative estimate of drug-likeness (QED) is 0.891. The molecule has 0 radical (unpaired) electrons. The SMILES string of the molecule is CC(=O)N(CCC(=O)Nc1cc(C)cc(C)c1)c1ccc(F)cc1F. The van der Waals surface area contributed by atoms with Crippen molar-refractivity contribution in [2.45, 2.75) is 27.2 Å². The van der Waals surface area contributed by atoms with Crippen molar-refractivity contribution in [2.75, 3.05) is 16.8 Å². The first-order chi connectivity index (χ1) is 11.8. The van der Waals surface area contributed by atoms with Crippen molar-refractivity contribution < 1.29 is 18.4 Å². The molecule has 0 saturated carbocycles. The second kappa shape index (κ2) is 7.88. The van der Waals surface area contributed by atoms with E-state index in [2.05, 4.69) is 5.32 Å². The number of nitrogens with zero attached hydrogens (tertiary/aromatic N) is 1. The Morgan fingerprint density at radius 2 is 1.68 bits per heavy atom. The van der Waals surface area contributed by atoms with Crippen molar-refractivity contribution in [1.29, 1.82) is 0 Å². The van der Waals surface area contributed by atoms with Gasteiger partial charge in [0.15, 0.2) is 0 Å². The second-order valence-corrected chi connectivity index (χ2v) is 5.94. The van der Waals surface area contributed by atoms with Crippen LogP contribution in [0.2, 0.25) is 0 Å². The average Bonchev–Trinajstić information content (AvgIpc) is 2.47. The summed E-state index contributed by atoms with van der Waals surface area (Å²) in [6.45, 7) is 5.12. The fourth-order valence-corrected chi connectivity index (χ4v) is 2.63. The molecule has 0 unspecified atom stereocenters. The summed E-state index contributed by atoms with van der Waals surface area (Å²) in [6.07, 6.45) is -0.0105. The van der Waals surface area contributed by atoms with E-state index < -0.39 is 17.5 Å². The number of amides is 2. The average molecular weight is 346 g/mol. The molecule has 0 aliphatic heterocycles. The van der Waals surface area contributed by atoms with Crippen LogP contribution in [0.1, 0.15) is 24.5 Å². The number of rotatable bonds is 5. The Morgan fingerprint density at radius 3 is 2.24 bits per heavy atom. The van der Waals surface area contributed by atoms with E-state index in [0.717, 1.165) is 22.1 Å². The highest BCUT2D eigenvalue weighted by molar-refractivity contribution is 5.95. The van der Waals surface area contributed by atoms with Crippen molar-refractivity contribution in [3.63, 3.8) is 0 Å². The number of hydrogen-bond acceptors (Lipinski definition) is 2. The fraction of sp³-hybridized carbons (Fsp3) is 0.263. The first-order valence-corrected chi connectivity index (χ1v) is 7.87. The highest BCUT2D eigenvalue weighted by Crippen LogP contribution is 2.21. The molecule has 0 aliphatic rings. The minimum atomic E-state index is -0.843. The van der Waals surface area contributed by atoms with E-state index >= 15 is 0 Å². The summed E-state index contributed by atoms with van der Waals surface area (Å²) >= 11 is 0. The molecule has 132 valence electrons. The molecular formula is C19H20F2N2O2. The van der Waals surface area contributed by atoms with Gasteiger partial charge >= 0.3 is 0 Å². The molecular weight excluding hydrogens is 326 g/mol. The van der Waals surface area contributed by atoms with Gasteiger partial charge in [0.1, 0.15) is 11.6 Å². The smallest absolute Gasteiger partial charge is 0.226 e. The van der Waals surface area contributed by atoms with Crippen LogP contribution in [-0.4, -0.2) is 18.4 Å². The lowest BCUT2D eigenvalue weighted by Crippen LogP contribution is -2.32. The van der Waals surface area contributed by atoms with Gasteiger partial charge in [0.05, 0.1) is 5.69 Å². The van der Waals surface area contributed by atoms with Gasteiger partial charge in [-0.2, -0.15) is 0 Å². The van der Waals surface area contributed by atoms with Crippen LogP contribution in [0.5, 0.6) is 0 Å². The van der Waals surface area contributed by atoms with Gasteiger partial charge in [-0.05, 0) is 49.2 Å². The largest absolute Gasteiger partial charge is 0.326 e. The van der Waals surface area contributed by atoms with Crippen LogP contribution in [0.3, 0.4) is 0 Å². The van der Waals surface area contributed by atoms with E-state index in [4.69, 9.17) is 0 Å². The third-order valence-electron chi connectivity index (χ3n) is 3.65. The lowest BCUT2D eigenvalue weighted by Gasteiger charge is -2.21. The van der Waals surface area contributed by atoms with Crippen LogP contribution in [0.15, 0.2) is 36.4 Å². The molecule has 2 aromatic rings. The van der Waals surface area contributed by atoms with Gasteiger partial charge in [0, 0.05) is 31.6 Å². The zero-order valence-electron chi connectivity index (χ0n) is 14.4. The lowest BCUT2D eigenvalue weighted by molar-refractivity contribution is -0.117. The van der Waals surface area contributed by atoms with E-state index in [1.165, 1.54) is 13.0 Å². The minimum absolute atomic E-state index is 0.00544. The predicted octanol–water partition coefficient (Wildman–Crippen LogP) is 3.96. The Morgan fingerprint density at radius 1 is 1.04 bits per heavy atom. The molecule has 0 atom stereocenters. The number of aryl methyl sites for hydroxylation is 2. The summed E-state index contributed by atoms with van der Waals surface area (Å²) in [5.41, 5.74) is 2.67. The summed E-state index contributed by atoms with van der Waals surface area (Å²) in [4.78, 5) is 25.0. The Hall–Kier alpha value is -2.76. The van der Waals surface area contributed by atoms with Crippen LogP contribution >= 0.6 is 0 Å². The Kier molecular flexibility index (Phi) is 5.85. The molecule has 6 heteroatoms. The van der Waals surface area contributed by atoms with Crippen LogP contribution in [0, 0.1) is 25.5 Å². The van der Waals surface area contributed by atoms with Gasteiger partial charge < -0.3 is 10.2 Å². The summed E-state index contributed by atoms with van der Waals surface area (Å²) in [6, 6.07) is 8.64. The molecule has 0 aromatic heterocycles. The van der Waals surface area contributed by atoms with Gasteiger partial charge in [-0.15, -0.1) is 0 Å². The van der Waals surface area contributed by atoms with Gasteiger partial charge in [-0.25, -0.2) is 8.78 Å². The molecule has 2 aromatic carbocycles. The Labute approximate surface area is 145 Å². The van der Waals surface area contributed by atoms with Crippen LogP contribution in [0.4, 0.5) is 20.2 Å². The summed E-state index contributed by atoms with van der Waals surface area (Å²) < 4.78 is 26.9. The summed E-state index contributed by atoms with van der Waals surface area (Å²) in [5, 5.41) is 2.76. The molecule has 2 amide bonds. The normalized spacial score (nSPS) is 10.4. The van der Waals surface area contributed by atoms with Crippen molar-refractivity contribution in [1.82, 2.24) is 0 Å². The molecule has 4 nitrogen and oxygen atoms in total. The number of benzene rings is 2. The van der Waals surface area contributed by atoms with Crippen molar-refractivity contribution in [2.24, 2.45) is 0 Å². The van der Waals surface area contributed by atoms with Gasteiger partial charge in [-0.1, -0.05) is 6.07 Å². The maximum absolute atomic E-state index is 13.9. The zero-order valence-corrected chi connectivity index (χ0v) is 14.4. The third kappa shape index (κ3) is 5.11. The van der Waals surface area contributed by atoms with E-state index in [1.54, 1.807) is 0 Å². The first-order valence-electron chi connectivity index (χ1n) is 7.87. The highest BCUT2D eigenvalue weighted by Gasteiger charge is 2.17. The van der Waals surface area contributed by atoms with Crippen molar-refractivity contribution in [3.05, 3.63) is 59.2 Å². The summed E-state index contributed by atoms with van der Waals surface area (Å²) in [7, 11) is 0. The first kappa shape index (κ1) is 18.6. The Balaban J connectivity index is 2.05. The monoisotopic (exact) mass is 346 g/mol. The number of anilines is 2. The summed E-state index contributed by atoms with van der Waals surface area (Å²) in [5.74, 6) is -2.29. The van der Waals surface area contributed by atoms with Gasteiger partial charge in [0.2, 0.25) is 11.8 Å². The zero-order chi connectivity index (χ0) is 18.6. The fourth-order valence-electron chi connectivity index (χ4n) is 2.63. The molecule has 0 saturated heterocycles. The molecule has 0 aliphatic carbocycles. The van der Waals surface area contributed by atoms with Crippen LogP contribution < -0.4 is 10.2 Å². The van der Waals surface area contributed by atoms with Gasteiger partial charge in [0.25, 0.3) is 0 Å². The number of carbonyl (C=O) groups is 2. The van der Waals surface area contributed by atoms with E-state index in [1.807, 2.05) is 32.0 Å². The van der Waals surface area contributed by atoms with E-state index in [-0.39, 0.29) is 24.6 Å². The van der Waals surface area contributed by atoms with Crippen molar-refractivity contribution >= 4 is 23.2 Å². The van der Waals surface area contributed by atoms with Crippen LogP contribution in [-0.2, 0) is 9.59 Å². The number of halogens is 2.